The van der Waals surface area contributed by atoms with Gasteiger partial charge in [-0.15, -0.1) is 0 Å². The smallest absolute Gasteiger partial charge is 0.224 e. The zero-order valence-corrected chi connectivity index (χ0v) is 10.9. The molecule has 0 saturated carbocycles. The van der Waals surface area contributed by atoms with Gasteiger partial charge in [-0.05, 0) is 24.3 Å². The van der Waals surface area contributed by atoms with E-state index < -0.39 is 5.82 Å². The zero-order valence-electron chi connectivity index (χ0n) is 10.2. The Balaban J connectivity index is 2.31. The van der Waals surface area contributed by atoms with Gasteiger partial charge in [0.05, 0.1) is 12.7 Å². The van der Waals surface area contributed by atoms with E-state index in [1.807, 2.05) is 0 Å². The van der Waals surface area contributed by atoms with Crippen molar-refractivity contribution >= 4 is 17.4 Å². The lowest BCUT2D eigenvalue weighted by Gasteiger charge is -2.07. The van der Waals surface area contributed by atoms with E-state index in [9.17, 15) is 9.18 Å². The number of methoxy groups -OCH3 is 1. The van der Waals surface area contributed by atoms with Crippen LogP contribution >= 0.6 is 11.6 Å². The molecule has 0 N–H and O–H groups in total. The van der Waals surface area contributed by atoms with Crippen LogP contribution in [0.15, 0.2) is 36.5 Å². The highest BCUT2D eigenvalue weighted by Crippen LogP contribution is 2.23. The summed E-state index contributed by atoms with van der Waals surface area (Å²) >= 11 is 5.90. The summed E-state index contributed by atoms with van der Waals surface area (Å²) in [6, 6.07) is 7.53. The van der Waals surface area contributed by atoms with E-state index >= 15 is 0 Å². The molecule has 0 aliphatic carbocycles. The quantitative estimate of drug-likeness (QED) is 0.806. The standard InChI is InChI=1S/C14H11ClFNO2/c1-19-14-9(4-3-7-17-14)13(18)8-10-11(15)5-2-6-12(10)16/h2-7H,8H2,1H3. The molecule has 1 aromatic heterocycles. The number of hydrogen-bond acceptors (Lipinski definition) is 3. The average Bonchev–Trinajstić information content (AvgIpc) is 2.42. The second-order valence-corrected chi connectivity index (χ2v) is 4.27. The van der Waals surface area contributed by atoms with Crippen LogP contribution in [0.5, 0.6) is 5.88 Å². The Morgan fingerprint density at radius 2 is 2.16 bits per heavy atom. The van der Waals surface area contributed by atoms with Gasteiger partial charge in [0.1, 0.15) is 5.82 Å². The average molecular weight is 280 g/mol. The number of carbonyl (C=O) groups is 1. The second-order valence-electron chi connectivity index (χ2n) is 3.86. The maximum Gasteiger partial charge on any atom is 0.224 e. The van der Waals surface area contributed by atoms with Crippen molar-refractivity contribution in [3.8, 4) is 5.88 Å². The third kappa shape index (κ3) is 2.90. The Hall–Kier alpha value is -1.94. The lowest BCUT2D eigenvalue weighted by Crippen LogP contribution is -2.08. The van der Waals surface area contributed by atoms with Crippen LogP contribution in [0.3, 0.4) is 0 Å². The predicted molar refractivity (Wildman–Crippen MR) is 70.2 cm³/mol. The first-order valence-corrected chi connectivity index (χ1v) is 5.96. The molecule has 0 atom stereocenters. The first-order valence-electron chi connectivity index (χ1n) is 5.58. The molecule has 5 heteroatoms. The lowest BCUT2D eigenvalue weighted by molar-refractivity contribution is 0.0988. The van der Waals surface area contributed by atoms with Crippen molar-refractivity contribution in [2.24, 2.45) is 0 Å². The van der Waals surface area contributed by atoms with Gasteiger partial charge in [-0.2, -0.15) is 0 Å². The van der Waals surface area contributed by atoms with Gasteiger partial charge >= 0.3 is 0 Å². The monoisotopic (exact) mass is 279 g/mol. The number of nitrogens with zero attached hydrogens (tertiary/aromatic N) is 1. The van der Waals surface area contributed by atoms with Crippen LogP contribution in [0, 0.1) is 5.82 Å². The van der Waals surface area contributed by atoms with Crippen molar-refractivity contribution < 1.29 is 13.9 Å². The van der Waals surface area contributed by atoms with Crippen LogP contribution in [0.25, 0.3) is 0 Å². The van der Waals surface area contributed by atoms with Gasteiger partial charge in [-0.1, -0.05) is 17.7 Å². The molecule has 0 aliphatic heterocycles. The van der Waals surface area contributed by atoms with Gasteiger partial charge in [0.15, 0.2) is 5.78 Å². The molecule has 19 heavy (non-hydrogen) atoms. The Labute approximate surface area is 115 Å². The molecule has 98 valence electrons. The summed E-state index contributed by atoms with van der Waals surface area (Å²) < 4.78 is 18.6. The fraction of sp³-hybridized carbons (Fsp3) is 0.143. The molecule has 3 nitrogen and oxygen atoms in total. The number of pyridine rings is 1. The summed E-state index contributed by atoms with van der Waals surface area (Å²) in [5.41, 5.74) is 0.490. The molecule has 0 fully saturated rings. The van der Waals surface area contributed by atoms with Gasteiger partial charge < -0.3 is 4.74 Å². The van der Waals surface area contributed by atoms with E-state index in [1.54, 1.807) is 18.2 Å². The van der Waals surface area contributed by atoms with Crippen molar-refractivity contribution in [1.29, 1.82) is 0 Å². The first-order chi connectivity index (χ1) is 9.13. The van der Waals surface area contributed by atoms with Gasteiger partial charge in [0.25, 0.3) is 0 Å². The molecular weight excluding hydrogens is 269 g/mol. The molecule has 0 unspecified atom stereocenters. The minimum atomic E-state index is -0.497. The maximum atomic E-state index is 13.6. The normalized spacial score (nSPS) is 10.3. The number of Topliss-reactive ketones (excluding diaryl/α,β-unsaturated/α-hetero) is 1. The Bertz CT molecular complexity index is 596. The largest absolute Gasteiger partial charge is 0.480 e. The van der Waals surface area contributed by atoms with Crippen LogP contribution in [0.4, 0.5) is 4.39 Å². The molecule has 0 bridgehead atoms. The van der Waals surface area contributed by atoms with Crippen molar-refractivity contribution in [3.05, 3.63) is 58.5 Å². The lowest BCUT2D eigenvalue weighted by atomic mass is 10.0. The van der Waals surface area contributed by atoms with E-state index in [0.29, 0.717) is 5.56 Å². The van der Waals surface area contributed by atoms with Crippen molar-refractivity contribution in [2.45, 2.75) is 6.42 Å². The summed E-state index contributed by atoms with van der Waals surface area (Å²) in [4.78, 5) is 16.1. The first kappa shape index (κ1) is 13.5. The number of halogens is 2. The van der Waals surface area contributed by atoms with Gasteiger partial charge in [-0.3, -0.25) is 4.79 Å². The molecule has 1 aromatic carbocycles. The number of benzene rings is 1. The zero-order chi connectivity index (χ0) is 13.8. The predicted octanol–water partition coefficient (Wildman–Crippen LogP) is 3.31. The van der Waals surface area contributed by atoms with Gasteiger partial charge in [0.2, 0.25) is 5.88 Å². The molecule has 2 aromatic rings. The van der Waals surface area contributed by atoms with Gasteiger partial charge in [-0.25, -0.2) is 9.37 Å². The summed E-state index contributed by atoms with van der Waals surface area (Å²) in [5.74, 6) is -0.569. The number of carbonyl (C=O) groups excluding carboxylic acids is 1. The third-order valence-electron chi connectivity index (χ3n) is 2.66. The molecular formula is C14H11ClFNO2. The maximum absolute atomic E-state index is 13.6. The molecule has 1 heterocycles. The molecule has 0 saturated heterocycles. The van der Waals surface area contributed by atoms with Gasteiger partial charge in [0, 0.05) is 23.2 Å². The topological polar surface area (TPSA) is 39.2 Å². The fourth-order valence-electron chi connectivity index (χ4n) is 1.72. The summed E-state index contributed by atoms with van der Waals surface area (Å²) in [6.45, 7) is 0. The van der Waals surface area contributed by atoms with Crippen LogP contribution < -0.4 is 4.74 Å². The highest BCUT2D eigenvalue weighted by molar-refractivity contribution is 6.31. The second kappa shape index (κ2) is 5.80. The molecule has 0 radical (unpaired) electrons. The van der Waals surface area contributed by atoms with Crippen LogP contribution in [-0.2, 0) is 6.42 Å². The van der Waals surface area contributed by atoms with E-state index in [1.165, 1.54) is 25.4 Å². The Morgan fingerprint density at radius 1 is 1.37 bits per heavy atom. The molecule has 0 aliphatic rings. The molecule has 0 spiro atoms. The highest BCUT2D eigenvalue weighted by atomic mass is 35.5. The Kier molecular flexibility index (Phi) is 4.12. The summed E-state index contributed by atoms with van der Waals surface area (Å²) in [7, 11) is 1.43. The van der Waals surface area contributed by atoms with Crippen LogP contribution in [-0.4, -0.2) is 17.9 Å². The van der Waals surface area contributed by atoms with Crippen molar-refractivity contribution in [3.63, 3.8) is 0 Å². The number of ether oxygens (including phenoxy) is 1. The summed E-state index contributed by atoms with van der Waals surface area (Å²) in [5, 5.41) is 0.233. The van der Waals surface area contributed by atoms with Crippen molar-refractivity contribution in [2.75, 3.05) is 7.11 Å². The minimum absolute atomic E-state index is 0.131. The number of rotatable bonds is 4. The van der Waals surface area contributed by atoms with E-state index in [0.717, 1.165) is 0 Å². The molecule has 2 rings (SSSR count). The van der Waals surface area contributed by atoms with Crippen molar-refractivity contribution in [1.82, 2.24) is 4.98 Å². The fourth-order valence-corrected chi connectivity index (χ4v) is 1.95. The third-order valence-corrected chi connectivity index (χ3v) is 3.02. The SMILES string of the molecule is COc1ncccc1C(=O)Cc1c(F)cccc1Cl. The number of ketones is 1. The highest BCUT2D eigenvalue weighted by Gasteiger charge is 2.17. The van der Waals surface area contributed by atoms with E-state index in [2.05, 4.69) is 4.98 Å². The summed E-state index contributed by atoms with van der Waals surface area (Å²) in [6.07, 6.45) is 1.39. The van der Waals surface area contributed by atoms with E-state index in [-0.39, 0.29) is 28.7 Å². The van der Waals surface area contributed by atoms with Crippen LogP contribution in [0.2, 0.25) is 5.02 Å². The van der Waals surface area contributed by atoms with Crippen LogP contribution in [0.1, 0.15) is 15.9 Å². The minimum Gasteiger partial charge on any atom is -0.480 e. The number of aromatic nitrogens is 1. The Morgan fingerprint density at radius 3 is 2.84 bits per heavy atom. The molecule has 0 amide bonds. The van der Waals surface area contributed by atoms with E-state index in [4.69, 9.17) is 16.3 Å². The number of hydrogen-bond donors (Lipinski definition) is 0.